The molecule has 0 saturated carbocycles. The number of hydrogen-bond acceptors (Lipinski definition) is 3. The van der Waals surface area contributed by atoms with Gasteiger partial charge in [-0.2, -0.15) is 0 Å². The molecule has 0 amide bonds. The maximum absolute atomic E-state index is 13.2. The van der Waals surface area contributed by atoms with Gasteiger partial charge in [0.15, 0.2) is 5.78 Å². The van der Waals surface area contributed by atoms with Crippen LogP contribution in [0, 0.1) is 5.82 Å². The van der Waals surface area contributed by atoms with Crippen LogP contribution in [0.5, 0.6) is 0 Å². The van der Waals surface area contributed by atoms with Crippen LogP contribution in [0.3, 0.4) is 0 Å². The molecule has 5 heteroatoms. The molecule has 0 N–H and O–H groups in total. The number of benzene rings is 1. The van der Waals surface area contributed by atoms with Gasteiger partial charge in [0, 0.05) is 10.9 Å². The Morgan fingerprint density at radius 1 is 1.29 bits per heavy atom. The third-order valence-corrected chi connectivity index (χ3v) is 4.12. The van der Waals surface area contributed by atoms with Crippen molar-refractivity contribution in [2.75, 3.05) is 0 Å². The third kappa shape index (κ3) is 3.01. The lowest BCUT2D eigenvalue weighted by molar-refractivity contribution is 0.105. The van der Waals surface area contributed by atoms with E-state index in [-0.39, 0.29) is 16.8 Å². The highest BCUT2D eigenvalue weighted by Crippen LogP contribution is 2.23. The van der Waals surface area contributed by atoms with Crippen molar-refractivity contribution >= 4 is 45.7 Å². The fourth-order valence-electron chi connectivity index (χ4n) is 1.92. The molecule has 0 fully saturated rings. The summed E-state index contributed by atoms with van der Waals surface area (Å²) in [5, 5.41) is 2.76. The number of aromatic nitrogens is 1. The molecule has 0 spiro atoms. The second-order valence-electron chi connectivity index (χ2n) is 4.38. The molecule has 104 valence electrons. The van der Waals surface area contributed by atoms with Crippen LogP contribution in [0.25, 0.3) is 17.0 Å². The molecule has 0 radical (unpaired) electrons. The van der Waals surface area contributed by atoms with Crippen molar-refractivity contribution in [2.45, 2.75) is 0 Å². The number of pyridine rings is 1. The summed E-state index contributed by atoms with van der Waals surface area (Å²) >= 11 is 7.46. The van der Waals surface area contributed by atoms with Gasteiger partial charge >= 0.3 is 0 Å². The molecule has 21 heavy (non-hydrogen) atoms. The SMILES string of the molecule is O=C(/C=C/c1cc2cc(F)ccc2nc1Cl)c1cccs1. The molecule has 3 rings (SSSR count). The molecule has 0 saturated heterocycles. The third-order valence-electron chi connectivity index (χ3n) is 2.94. The number of halogens is 2. The van der Waals surface area contributed by atoms with Gasteiger partial charge in [0.05, 0.1) is 10.4 Å². The number of carbonyl (C=O) groups excluding carboxylic acids is 1. The Bertz CT molecular complexity index is 843. The minimum absolute atomic E-state index is 0.0968. The smallest absolute Gasteiger partial charge is 0.195 e. The van der Waals surface area contributed by atoms with Crippen molar-refractivity contribution in [1.82, 2.24) is 4.98 Å². The second-order valence-corrected chi connectivity index (χ2v) is 5.69. The summed E-state index contributed by atoms with van der Waals surface area (Å²) in [6.07, 6.45) is 3.04. The minimum atomic E-state index is -0.337. The summed E-state index contributed by atoms with van der Waals surface area (Å²) in [5.74, 6) is -0.434. The number of thiophene rings is 1. The van der Waals surface area contributed by atoms with E-state index < -0.39 is 0 Å². The Balaban J connectivity index is 1.96. The van der Waals surface area contributed by atoms with Crippen LogP contribution in [0.15, 0.2) is 47.9 Å². The van der Waals surface area contributed by atoms with Gasteiger partial charge in [-0.15, -0.1) is 11.3 Å². The van der Waals surface area contributed by atoms with Crippen molar-refractivity contribution in [3.8, 4) is 0 Å². The molecule has 0 aliphatic carbocycles. The first kappa shape index (κ1) is 13.9. The Hall–Kier alpha value is -2.04. The fourth-order valence-corrected chi connectivity index (χ4v) is 2.78. The highest BCUT2D eigenvalue weighted by molar-refractivity contribution is 7.12. The number of ketones is 1. The molecule has 0 atom stereocenters. The van der Waals surface area contributed by atoms with Gasteiger partial charge in [0.1, 0.15) is 11.0 Å². The summed E-state index contributed by atoms with van der Waals surface area (Å²) in [6.45, 7) is 0. The zero-order chi connectivity index (χ0) is 14.8. The standard InChI is InChI=1S/C16H9ClFNOS/c17-16-10(3-6-14(20)15-2-1-7-21-15)8-11-9-12(18)4-5-13(11)19-16/h1-9H/b6-3+. The average Bonchev–Trinajstić information content (AvgIpc) is 2.99. The van der Waals surface area contributed by atoms with Gasteiger partial charge in [0.25, 0.3) is 0 Å². The Labute approximate surface area is 129 Å². The first-order chi connectivity index (χ1) is 10.1. The van der Waals surface area contributed by atoms with E-state index in [0.29, 0.717) is 21.3 Å². The topological polar surface area (TPSA) is 30.0 Å². The lowest BCUT2D eigenvalue weighted by Crippen LogP contribution is -1.90. The molecule has 2 aromatic heterocycles. The monoisotopic (exact) mass is 317 g/mol. The van der Waals surface area contributed by atoms with E-state index in [2.05, 4.69) is 4.98 Å². The highest BCUT2D eigenvalue weighted by atomic mass is 35.5. The van der Waals surface area contributed by atoms with E-state index in [4.69, 9.17) is 11.6 Å². The Kier molecular flexibility index (Phi) is 3.82. The second kappa shape index (κ2) is 5.76. The van der Waals surface area contributed by atoms with Crippen LogP contribution in [-0.4, -0.2) is 10.8 Å². The molecule has 1 aromatic carbocycles. The number of fused-ring (bicyclic) bond motifs is 1. The number of nitrogens with zero attached hydrogens (tertiary/aromatic N) is 1. The van der Waals surface area contributed by atoms with E-state index in [9.17, 15) is 9.18 Å². The van der Waals surface area contributed by atoms with Crippen molar-refractivity contribution in [2.24, 2.45) is 0 Å². The fraction of sp³-hybridized carbons (Fsp3) is 0. The Morgan fingerprint density at radius 3 is 2.90 bits per heavy atom. The van der Waals surface area contributed by atoms with Crippen molar-refractivity contribution in [3.05, 3.63) is 69.3 Å². The van der Waals surface area contributed by atoms with Gasteiger partial charge in [-0.1, -0.05) is 17.7 Å². The van der Waals surface area contributed by atoms with Gasteiger partial charge in [-0.25, -0.2) is 9.37 Å². The van der Waals surface area contributed by atoms with Crippen molar-refractivity contribution in [3.63, 3.8) is 0 Å². The summed E-state index contributed by atoms with van der Waals surface area (Å²) in [5.41, 5.74) is 1.20. The summed E-state index contributed by atoms with van der Waals surface area (Å²) < 4.78 is 13.2. The zero-order valence-corrected chi connectivity index (χ0v) is 12.3. The maximum atomic E-state index is 13.2. The van der Waals surface area contributed by atoms with Gasteiger partial charge in [0.2, 0.25) is 0 Å². The summed E-state index contributed by atoms with van der Waals surface area (Å²) in [7, 11) is 0. The number of allylic oxidation sites excluding steroid dienone is 1. The largest absolute Gasteiger partial charge is 0.288 e. The van der Waals surface area contributed by atoms with Crippen LogP contribution in [0.2, 0.25) is 5.15 Å². The van der Waals surface area contributed by atoms with Crippen LogP contribution >= 0.6 is 22.9 Å². The Morgan fingerprint density at radius 2 is 2.14 bits per heavy atom. The zero-order valence-electron chi connectivity index (χ0n) is 10.7. The highest BCUT2D eigenvalue weighted by Gasteiger charge is 2.06. The van der Waals surface area contributed by atoms with E-state index >= 15 is 0 Å². The molecular formula is C16H9ClFNOS. The summed E-state index contributed by atoms with van der Waals surface area (Å²) in [6, 6.07) is 9.58. The molecule has 2 heterocycles. The van der Waals surface area contributed by atoms with E-state index in [1.54, 1.807) is 24.3 Å². The first-order valence-electron chi connectivity index (χ1n) is 6.15. The average molecular weight is 318 g/mol. The molecule has 0 aliphatic rings. The van der Waals surface area contributed by atoms with E-state index in [1.807, 2.05) is 11.4 Å². The summed E-state index contributed by atoms with van der Waals surface area (Å²) in [4.78, 5) is 16.8. The predicted octanol–water partition coefficient (Wildman–Crippen LogP) is 4.98. The number of carbonyl (C=O) groups is 1. The minimum Gasteiger partial charge on any atom is -0.288 e. The quantitative estimate of drug-likeness (QED) is 0.387. The first-order valence-corrected chi connectivity index (χ1v) is 7.41. The lowest BCUT2D eigenvalue weighted by Gasteiger charge is -2.02. The maximum Gasteiger partial charge on any atom is 0.195 e. The normalized spacial score (nSPS) is 11.3. The van der Waals surface area contributed by atoms with Crippen LogP contribution < -0.4 is 0 Å². The van der Waals surface area contributed by atoms with E-state index in [1.165, 1.54) is 29.5 Å². The van der Waals surface area contributed by atoms with Crippen LogP contribution in [-0.2, 0) is 0 Å². The van der Waals surface area contributed by atoms with Crippen molar-refractivity contribution < 1.29 is 9.18 Å². The van der Waals surface area contributed by atoms with E-state index in [0.717, 1.165) is 0 Å². The number of rotatable bonds is 3. The van der Waals surface area contributed by atoms with Crippen LogP contribution in [0.1, 0.15) is 15.2 Å². The van der Waals surface area contributed by atoms with Gasteiger partial charge in [-0.3, -0.25) is 4.79 Å². The molecular weight excluding hydrogens is 309 g/mol. The molecule has 3 aromatic rings. The lowest BCUT2D eigenvalue weighted by atomic mass is 10.1. The number of hydrogen-bond donors (Lipinski definition) is 0. The molecule has 0 bridgehead atoms. The van der Waals surface area contributed by atoms with Gasteiger partial charge in [-0.05, 0) is 47.9 Å². The molecule has 0 aliphatic heterocycles. The predicted molar refractivity (Wildman–Crippen MR) is 84.4 cm³/mol. The van der Waals surface area contributed by atoms with Gasteiger partial charge < -0.3 is 0 Å². The van der Waals surface area contributed by atoms with Crippen molar-refractivity contribution in [1.29, 1.82) is 0 Å². The molecule has 0 unspecified atom stereocenters. The van der Waals surface area contributed by atoms with Crippen LogP contribution in [0.4, 0.5) is 4.39 Å². The molecule has 2 nitrogen and oxygen atoms in total.